The Labute approximate surface area is 119 Å². The molecule has 0 saturated heterocycles. The quantitative estimate of drug-likeness (QED) is 0.766. The second-order valence-electron chi connectivity index (χ2n) is 4.73. The first-order valence-corrected chi connectivity index (χ1v) is 6.59. The molecule has 6 nitrogen and oxygen atoms in total. The Morgan fingerprint density at radius 2 is 2.24 bits per heavy atom. The van der Waals surface area contributed by atoms with Crippen LogP contribution in [0.2, 0.25) is 0 Å². The summed E-state index contributed by atoms with van der Waals surface area (Å²) in [7, 11) is 0. The molecule has 0 fully saturated rings. The molecule has 2 heterocycles. The molecule has 7 heteroatoms. The largest absolute Gasteiger partial charge is 0.321 e. The van der Waals surface area contributed by atoms with Crippen molar-refractivity contribution >= 4 is 10.9 Å². The van der Waals surface area contributed by atoms with Crippen molar-refractivity contribution in [3.8, 4) is 5.82 Å². The molecular weight excluding hydrogens is 273 g/mol. The van der Waals surface area contributed by atoms with Crippen molar-refractivity contribution in [2.24, 2.45) is 5.73 Å². The van der Waals surface area contributed by atoms with Gasteiger partial charge in [0.15, 0.2) is 0 Å². The fraction of sp³-hybridized carbons (Fsp3) is 0.214. The number of benzene rings is 1. The molecule has 2 aromatic heterocycles. The van der Waals surface area contributed by atoms with Crippen molar-refractivity contribution in [1.29, 1.82) is 0 Å². The summed E-state index contributed by atoms with van der Waals surface area (Å²) in [6, 6.07) is 5.17. The molecule has 0 spiro atoms. The van der Waals surface area contributed by atoms with Crippen molar-refractivity contribution in [3.63, 3.8) is 0 Å². The maximum atomic E-state index is 13.4. The van der Waals surface area contributed by atoms with Gasteiger partial charge in [-0.05, 0) is 24.6 Å². The van der Waals surface area contributed by atoms with Gasteiger partial charge in [0.2, 0.25) is 0 Å². The smallest absolute Gasteiger partial charge is 0.267 e. The SMILES string of the molecule is CCC(N)c1nc2ccc(F)cc2c(=O)n1-c1ccn[nH]1. The Hall–Kier alpha value is -2.54. The topological polar surface area (TPSA) is 89.6 Å². The number of aromatic nitrogens is 4. The lowest BCUT2D eigenvalue weighted by Gasteiger charge is -2.16. The van der Waals surface area contributed by atoms with E-state index in [0.29, 0.717) is 23.6 Å². The third kappa shape index (κ3) is 2.21. The number of hydrogen-bond donors (Lipinski definition) is 2. The van der Waals surface area contributed by atoms with Gasteiger partial charge >= 0.3 is 0 Å². The van der Waals surface area contributed by atoms with Gasteiger partial charge in [0, 0.05) is 6.07 Å². The Kier molecular flexibility index (Phi) is 3.26. The molecule has 108 valence electrons. The highest BCUT2D eigenvalue weighted by Gasteiger charge is 2.18. The van der Waals surface area contributed by atoms with Crippen LogP contribution in [0, 0.1) is 5.82 Å². The van der Waals surface area contributed by atoms with Crippen LogP contribution in [-0.2, 0) is 0 Å². The standard InChI is InChI=1S/C14H14FN5O/c1-2-10(16)13-18-11-4-3-8(15)7-9(11)14(21)20(13)12-5-6-17-19-12/h3-7,10H,2,16H2,1H3,(H,17,19). The first-order chi connectivity index (χ1) is 10.1. The van der Waals surface area contributed by atoms with E-state index in [1.807, 2.05) is 6.92 Å². The van der Waals surface area contributed by atoms with Gasteiger partial charge in [-0.15, -0.1) is 0 Å². The van der Waals surface area contributed by atoms with Crippen LogP contribution in [0.1, 0.15) is 25.2 Å². The van der Waals surface area contributed by atoms with Gasteiger partial charge in [-0.25, -0.2) is 13.9 Å². The molecule has 1 aromatic carbocycles. The average molecular weight is 287 g/mol. The second-order valence-corrected chi connectivity index (χ2v) is 4.73. The highest BCUT2D eigenvalue weighted by atomic mass is 19.1. The summed E-state index contributed by atoms with van der Waals surface area (Å²) in [6.07, 6.45) is 2.14. The molecule has 3 aromatic rings. The summed E-state index contributed by atoms with van der Waals surface area (Å²) < 4.78 is 14.7. The Morgan fingerprint density at radius 1 is 1.43 bits per heavy atom. The van der Waals surface area contributed by atoms with Gasteiger partial charge in [-0.1, -0.05) is 6.92 Å². The van der Waals surface area contributed by atoms with Crippen molar-refractivity contribution in [1.82, 2.24) is 19.7 Å². The number of rotatable bonds is 3. The van der Waals surface area contributed by atoms with Crippen LogP contribution in [0.4, 0.5) is 4.39 Å². The van der Waals surface area contributed by atoms with Crippen molar-refractivity contribution in [3.05, 3.63) is 52.5 Å². The molecule has 21 heavy (non-hydrogen) atoms. The summed E-state index contributed by atoms with van der Waals surface area (Å²) in [4.78, 5) is 17.1. The van der Waals surface area contributed by atoms with Crippen LogP contribution < -0.4 is 11.3 Å². The van der Waals surface area contributed by atoms with E-state index in [2.05, 4.69) is 15.2 Å². The Bertz CT molecular complexity index is 840. The fourth-order valence-corrected chi connectivity index (χ4v) is 2.21. The van der Waals surface area contributed by atoms with E-state index in [4.69, 9.17) is 5.73 Å². The van der Waals surface area contributed by atoms with Gasteiger partial charge in [-0.3, -0.25) is 9.89 Å². The lowest BCUT2D eigenvalue weighted by atomic mass is 10.2. The number of nitrogens with two attached hydrogens (primary N) is 1. The minimum Gasteiger partial charge on any atom is -0.321 e. The third-order valence-corrected chi connectivity index (χ3v) is 3.35. The van der Waals surface area contributed by atoms with Gasteiger partial charge in [0.05, 0.1) is 23.1 Å². The Balaban J connectivity index is 2.41. The van der Waals surface area contributed by atoms with Crippen LogP contribution in [0.25, 0.3) is 16.7 Å². The van der Waals surface area contributed by atoms with Gasteiger partial charge < -0.3 is 5.73 Å². The number of aromatic amines is 1. The van der Waals surface area contributed by atoms with E-state index >= 15 is 0 Å². The number of fused-ring (bicyclic) bond motifs is 1. The number of hydrogen-bond acceptors (Lipinski definition) is 4. The lowest BCUT2D eigenvalue weighted by Crippen LogP contribution is -2.28. The van der Waals surface area contributed by atoms with Gasteiger partial charge in [0.25, 0.3) is 5.56 Å². The van der Waals surface area contributed by atoms with Gasteiger partial charge in [0.1, 0.15) is 17.5 Å². The molecule has 0 saturated carbocycles. The van der Waals surface area contributed by atoms with E-state index in [0.717, 1.165) is 0 Å². The third-order valence-electron chi connectivity index (χ3n) is 3.35. The molecule has 3 N–H and O–H groups in total. The van der Waals surface area contributed by atoms with Crippen LogP contribution in [0.3, 0.4) is 0 Å². The minimum absolute atomic E-state index is 0.205. The zero-order valence-electron chi connectivity index (χ0n) is 11.4. The van der Waals surface area contributed by atoms with Crippen LogP contribution in [0.5, 0.6) is 0 Å². The van der Waals surface area contributed by atoms with Crippen molar-refractivity contribution in [2.75, 3.05) is 0 Å². The molecule has 0 aliphatic rings. The molecule has 0 amide bonds. The van der Waals surface area contributed by atoms with E-state index in [9.17, 15) is 9.18 Å². The molecular formula is C14H14FN5O. The number of nitrogens with one attached hydrogen (secondary N) is 1. The number of H-pyrrole nitrogens is 1. The summed E-state index contributed by atoms with van der Waals surface area (Å²) in [5.41, 5.74) is 6.11. The summed E-state index contributed by atoms with van der Waals surface area (Å²) in [5, 5.41) is 6.76. The normalized spacial score (nSPS) is 12.7. The van der Waals surface area contributed by atoms with E-state index in [1.54, 1.807) is 6.07 Å². The zero-order valence-corrected chi connectivity index (χ0v) is 11.4. The van der Waals surface area contributed by atoms with E-state index in [-0.39, 0.29) is 10.9 Å². The molecule has 1 unspecified atom stereocenters. The molecule has 3 rings (SSSR count). The van der Waals surface area contributed by atoms with Crippen LogP contribution in [0.15, 0.2) is 35.3 Å². The highest BCUT2D eigenvalue weighted by Crippen LogP contribution is 2.18. The predicted molar refractivity (Wildman–Crippen MR) is 76.7 cm³/mol. The number of halogens is 1. The van der Waals surface area contributed by atoms with Crippen LogP contribution in [-0.4, -0.2) is 19.7 Å². The molecule has 1 atom stereocenters. The fourth-order valence-electron chi connectivity index (χ4n) is 2.21. The highest BCUT2D eigenvalue weighted by molar-refractivity contribution is 5.78. The lowest BCUT2D eigenvalue weighted by molar-refractivity contribution is 0.615. The monoisotopic (exact) mass is 287 g/mol. The molecule has 0 radical (unpaired) electrons. The molecule has 0 aliphatic heterocycles. The van der Waals surface area contributed by atoms with Crippen molar-refractivity contribution < 1.29 is 4.39 Å². The zero-order chi connectivity index (χ0) is 15.0. The average Bonchev–Trinajstić information content (AvgIpc) is 3.00. The van der Waals surface area contributed by atoms with E-state index in [1.165, 1.54) is 29.0 Å². The van der Waals surface area contributed by atoms with Gasteiger partial charge in [-0.2, -0.15) is 5.10 Å². The predicted octanol–water partition coefficient (Wildman–Crippen LogP) is 1.66. The molecule has 0 aliphatic carbocycles. The maximum Gasteiger partial charge on any atom is 0.267 e. The summed E-state index contributed by atoms with van der Waals surface area (Å²) in [5.74, 6) is 0.397. The van der Waals surface area contributed by atoms with E-state index < -0.39 is 11.9 Å². The molecule has 0 bridgehead atoms. The summed E-state index contributed by atoms with van der Waals surface area (Å²) >= 11 is 0. The van der Waals surface area contributed by atoms with Crippen LogP contribution >= 0.6 is 0 Å². The van der Waals surface area contributed by atoms with Crippen molar-refractivity contribution in [2.45, 2.75) is 19.4 Å². The summed E-state index contributed by atoms with van der Waals surface area (Å²) in [6.45, 7) is 1.91. The minimum atomic E-state index is -0.481. The first kappa shape index (κ1) is 13.4. The maximum absolute atomic E-state index is 13.4. The Morgan fingerprint density at radius 3 is 2.90 bits per heavy atom. The second kappa shape index (κ2) is 5.10. The number of nitrogens with zero attached hydrogens (tertiary/aromatic N) is 3. The first-order valence-electron chi connectivity index (χ1n) is 6.59.